The van der Waals surface area contributed by atoms with Crippen LogP contribution in [0.15, 0.2) is 71.6 Å². The molecule has 0 atom stereocenters. The molecule has 2 aromatic carbocycles. The van der Waals surface area contributed by atoms with Gasteiger partial charge in [0.25, 0.3) is 0 Å². The van der Waals surface area contributed by atoms with Crippen molar-refractivity contribution in [3.63, 3.8) is 0 Å². The van der Waals surface area contributed by atoms with Gasteiger partial charge in [-0.1, -0.05) is 18.2 Å². The maximum absolute atomic E-state index is 13.2. The van der Waals surface area contributed by atoms with Gasteiger partial charge in [-0.05, 0) is 74.9 Å². The SMILES string of the molecule is Cc1nn(-c2ccc(N3CCN(S(=O)(=O)c4ccc(Oc5ccccc5)cc4)CC3)nn2)c(C)c1C. The highest BCUT2D eigenvalue weighted by atomic mass is 32.2. The van der Waals surface area contributed by atoms with Crippen LogP contribution in [-0.4, -0.2) is 58.9 Å². The normalized spacial score (nSPS) is 14.7. The first-order chi connectivity index (χ1) is 17.3. The number of para-hydroxylation sites is 1. The highest BCUT2D eigenvalue weighted by molar-refractivity contribution is 7.89. The van der Waals surface area contributed by atoms with Crippen molar-refractivity contribution in [2.45, 2.75) is 25.7 Å². The van der Waals surface area contributed by atoms with Crippen molar-refractivity contribution in [1.29, 1.82) is 0 Å². The lowest BCUT2D eigenvalue weighted by molar-refractivity contribution is 0.383. The van der Waals surface area contributed by atoms with E-state index in [9.17, 15) is 8.42 Å². The summed E-state index contributed by atoms with van der Waals surface area (Å²) in [6.45, 7) is 7.81. The molecule has 1 aliphatic heterocycles. The van der Waals surface area contributed by atoms with E-state index in [4.69, 9.17) is 4.74 Å². The van der Waals surface area contributed by atoms with E-state index in [0.29, 0.717) is 43.5 Å². The Bertz CT molecular complexity index is 1440. The summed E-state index contributed by atoms with van der Waals surface area (Å²) in [7, 11) is -3.60. The zero-order valence-corrected chi connectivity index (χ0v) is 21.3. The molecule has 9 nitrogen and oxygen atoms in total. The number of anilines is 1. The smallest absolute Gasteiger partial charge is 0.243 e. The van der Waals surface area contributed by atoms with Crippen molar-refractivity contribution in [3.8, 4) is 17.3 Å². The highest BCUT2D eigenvalue weighted by Crippen LogP contribution is 2.25. The van der Waals surface area contributed by atoms with E-state index in [0.717, 1.165) is 22.8 Å². The largest absolute Gasteiger partial charge is 0.457 e. The third-order valence-corrected chi connectivity index (χ3v) is 8.42. The standard InChI is InChI=1S/C26H28N6O3S/c1-19-20(2)29-32(21(19)3)26-14-13-25(27-28-26)30-15-17-31(18-16-30)36(33,34)24-11-9-23(10-12-24)35-22-7-5-4-6-8-22/h4-14H,15-18H2,1-3H3. The predicted molar refractivity (Wildman–Crippen MR) is 137 cm³/mol. The number of nitrogens with zero attached hydrogens (tertiary/aromatic N) is 6. The van der Waals surface area contributed by atoms with Crippen molar-refractivity contribution in [3.05, 3.63) is 83.7 Å². The molecular weight excluding hydrogens is 476 g/mol. The van der Waals surface area contributed by atoms with Gasteiger partial charge in [-0.2, -0.15) is 9.40 Å². The quantitative estimate of drug-likeness (QED) is 0.393. The topological polar surface area (TPSA) is 93.5 Å². The summed E-state index contributed by atoms with van der Waals surface area (Å²) in [5.41, 5.74) is 3.14. The number of hydrogen-bond acceptors (Lipinski definition) is 7. The molecule has 2 aromatic heterocycles. The second-order valence-corrected chi connectivity index (χ2v) is 10.7. The molecule has 3 heterocycles. The Balaban J connectivity index is 1.22. The number of benzene rings is 2. The first-order valence-corrected chi connectivity index (χ1v) is 13.2. The van der Waals surface area contributed by atoms with Crippen molar-refractivity contribution < 1.29 is 13.2 Å². The van der Waals surface area contributed by atoms with Crippen LogP contribution < -0.4 is 9.64 Å². The van der Waals surface area contributed by atoms with E-state index in [1.807, 2.05) is 68.1 Å². The number of hydrogen-bond donors (Lipinski definition) is 0. The van der Waals surface area contributed by atoms with Gasteiger partial charge in [0.2, 0.25) is 10.0 Å². The minimum Gasteiger partial charge on any atom is -0.457 e. The number of ether oxygens (including phenoxy) is 1. The molecule has 36 heavy (non-hydrogen) atoms. The molecule has 0 N–H and O–H groups in total. The zero-order valence-electron chi connectivity index (χ0n) is 20.5. The van der Waals surface area contributed by atoms with Gasteiger partial charge in [0.1, 0.15) is 11.5 Å². The molecule has 0 spiro atoms. The summed E-state index contributed by atoms with van der Waals surface area (Å²) in [6, 6.07) is 19.7. The fraction of sp³-hybridized carbons (Fsp3) is 0.269. The number of aromatic nitrogens is 4. The number of piperazine rings is 1. The second kappa shape index (κ2) is 9.71. The summed E-state index contributed by atoms with van der Waals surface area (Å²) < 4.78 is 35.5. The highest BCUT2D eigenvalue weighted by Gasteiger charge is 2.29. The summed E-state index contributed by atoms with van der Waals surface area (Å²) >= 11 is 0. The molecule has 10 heteroatoms. The van der Waals surface area contributed by atoms with Gasteiger partial charge in [0.05, 0.1) is 10.6 Å². The van der Waals surface area contributed by atoms with Crippen LogP contribution in [0.5, 0.6) is 11.5 Å². The van der Waals surface area contributed by atoms with Crippen LogP contribution in [0, 0.1) is 20.8 Å². The van der Waals surface area contributed by atoms with E-state index in [-0.39, 0.29) is 4.90 Å². The van der Waals surface area contributed by atoms with E-state index >= 15 is 0 Å². The molecule has 1 saturated heterocycles. The summed E-state index contributed by atoms with van der Waals surface area (Å²) in [4.78, 5) is 2.30. The van der Waals surface area contributed by atoms with Crippen molar-refractivity contribution in [2.75, 3.05) is 31.1 Å². The molecular formula is C26H28N6O3S. The Kier molecular flexibility index (Phi) is 6.46. The van der Waals surface area contributed by atoms with Crippen molar-refractivity contribution in [1.82, 2.24) is 24.3 Å². The maximum Gasteiger partial charge on any atom is 0.243 e. The van der Waals surface area contributed by atoms with E-state index in [1.54, 1.807) is 28.9 Å². The maximum atomic E-state index is 13.2. The molecule has 1 aliphatic rings. The van der Waals surface area contributed by atoms with Crippen molar-refractivity contribution in [2.24, 2.45) is 0 Å². The Morgan fingerprint density at radius 3 is 1.94 bits per heavy atom. The molecule has 186 valence electrons. The molecule has 0 bridgehead atoms. The van der Waals surface area contributed by atoms with E-state index in [1.165, 1.54) is 4.31 Å². The molecule has 0 unspecified atom stereocenters. The van der Waals surface area contributed by atoms with Gasteiger partial charge < -0.3 is 9.64 Å². The summed E-state index contributed by atoms with van der Waals surface area (Å²) in [5, 5.41) is 13.3. The van der Waals surface area contributed by atoms with Gasteiger partial charge in [0, 0.05) is 31.9 Å². The Hall–Kier alpha value is -3.76. The molecule has 1 fully saturated rings. The van der Waals surface area contributed by atoms with Gasteiger partial charge in [-0.3, -0.25) is 0 Å². The van der Waals surface area contributed by atoms with Crippen LogP contribution in [0.3, 0.4) is 0 Å². The number of rotatable bonds is 6. The molecule has 0 aliphatic carbocycles. The van der Waals surface area contributed by atoms with Gasteiger partial charge in [-0.15, -0.1) is 10.2 Å². The van der Waals surface area contributed by atoms with Crippen LogP contribution in [0.4, 0.5) is 5.82 Å². The Morgan fingerprint density at radius 2 is 1.36 bits per heavy atom. The van der Waals surface area contributed by atoms with Gasteiger partial charge in [0.15, 0.2) is 11.6 Å². The molecule has 4 aromatic rings. The van der Waals surface area contributed by atoms with Crippen LogP contribution >= 0.6 is 0 Å². The number of sulfonamides is 1. The average molecular weight is 505 g/mol. The summed E-state index contributed by atoms with van der Waals surface area (Å²) in [6.07, 6.45) is 0. The predicted octanol–water partition coefficient (Wildman–Crippen LogP) is 3.89. The summed E-state index contributed by atoms with van der Waals surface area (Å²) in [5.74, 6) is 2.66. The first-order valence-electron chi connectivity index (χ1n) is 11.8. The van der Waals surface area contributed by atoms with Crippen LogP contribution in [0.25, 0.3) is 5.82 Å². The molecule has 0 amide bonds. The van der Waals surface area contributed by atoms with Gasteiger partial charge in [-0.25, -0.2) is 13.1 Å². The number of aryl methyl sites for hydroxylation is 1. The fourth-order valence-corrected chi connectivity index (χ4v) is 5.58. The van der Waals surface area contributed by atoms with Crippen LogP contribution in [0.1, 0.15) is 17.0 Å². The third-order valence-electron chi connectivity index (χ3n) is 6.51. The monoisotopic (exact) mass is 504 g/mol. The lowest BCUT2D eigenvalue weighted by Crippen LogP contribution is -2.49. The molecule has 0 saturated carbocycles. The van der Waals surface area contributed by atoms with Gasteiger partial charge >= 0.3 is 0 Å². The molecule has 0 radical (unpaired) electrons. The Labute approximate surface area is 211 Å². The average Bonchev–Trinajstić information content (AvgIpc) is 3.17. The Morgan fingerprint density at radius 1 is 0.750 bits per heavy atom. The lowest BCUT2D eigenvalue weighted by atomic mass is 10.2. The van der Waals surface area contributed by atoms with Crippen LogP contribution in [-0.2, 0) is 10.0 Å². The minimum atomic E-state index is -3.60. The second-order valence-electron chi connectivity index (χ2n) is 8.74. The lowest BCUT2D eigenvalue weighted by Gasteiger charge is -2.34. The van der Waals surface area contributed by atoms with Crippen molar-refractivity contribution >= 4 is 15.8 Å². The van der Waals surface area contributed by atoms with Crippen LogP contribution in [0.2, 0.25) is 0 Å². The zero-order chi connectivity index (χ0) is 25.3. The van der Waals surface area contributed by atoms with E-state index < -0.39 is 10.0 Å². The minimum absolute atomic E-state index is 0.251. The first kappa shape index (κ1) is 24.0. The van der Waals surface area contributed by atoms with E-state index in [2.05, 4.69) is 15.3 Å². The molecule has 5 rings (SSSR count). The fourth-order valence-electron chi connectivity index (χ4n) is 4.15. The third kappa shape index (κ3) is 4.69.